The quantitative estimate of drug-likeness (QED) is 0.735. The van der Waals surface area contributed by atoms with Crippen molar-refractivity contribution in [2.45, 2.75) is 20.3 Å². The van der Waals surface area contributed by atoms with Crippen molar-refractivity contribution in [3.05, 3.63) is 53.6 Å². The summed E-state index contributed by atoms with van der Waals surface area (Å²) >= 11 is 0. The zero-order valence-corrected chi connectivity index (χ0v) is 11.1. The molecule has 0 aliphatic rings. The van der Waals surface area contributed by atoms with Crippen molar-refractivity contribution in [1.29, 1.82) is 0 Å². The molecule has 2 heteroatoms. The highest BCUT2D eigenvalue weighted by atomic mass is 15.0. The maximum Gasteiger partial charge on any atom is 0.112 e. The van der Waals surface area contributed by atoms with E-state index in [2.05, 4.69) is 48.9 Å². The maximum absolute atomic E-state index is 4.07. The molecule has 0 unspecified atom stereocenters. The highest BCUT2D eigenvalue weighted by Gasteiger charge is 2.02. The minimum atomic E-state index is 0.643. The Morgan fingerprint density at radius 2 is 2.00 bits per heavy atom. The molecule has 92 valence electrons. The second-order valence-corrected chi connectivity index (χ2v) is 4.89. The van der Waals surface area contributed by atoms with Crippen LogP contribution in [0.4, 0.5) is 0 Å². The van der Waals surface area contributed by atoms with Crippen LogP contribution in [0.15, 0.2) is 36.8 Å². The predicted octanol–water partition coefficient (Wildman–Crippen LogP) is 3.02. The average Bonchev–Trinajstić information content (AvgIpc) is 2.73. The molecule has 0 saturated heterocycles. The van der Waals surface area contributed by atoms with Gasteiger partial charge in [-0.25, -0.2) is 4.98 Å². The van der Waals surface area contributed by atoms with Gasteiger partial charge in [0.15, 0.2) is 0 Å². The van der Waals surface area contributed by atoms with Crippen molar-refractivity contribution in [1.82, 2.24) is 9.55 Å². The smallest absolute Gasteiger partial charge is 0.112 e. The number of hydrogen-bond donors (Lipinski definition) is 0. The third-order valence-electron chi connectivity index (χ3n) is 2.79. The van der Waals surface area contributed by atoms with Gasteiger partial charge in [-0.2, -0.15) is 0 Å². The first-order valence-corrected chi connectivity index (χ1v) is 6.23. The van der Waals surface area contributed by atoms with Crippen LogP contribution >= 0.6 is 0 Å². The Morgan fingerprint density at radius 3 is 2.67 bits per heavy atom. The lowest BCUT2D eigenvalue weighted by Gasteiger charge is -2.06. The Kier molecular flexibility index (Phi) is 3.84. The number of rotatable bonds is 2. The maximum atomic E-state index is 4.07. The molecule has 2 aromatic rings. The lowest BCUT2D eigenvalue weighted by Crippen LogP contribution is -1.97. The molecule has 0 atom stereocenters. The molecule has 0 bridgehead atoms. The van der Waals surface area contributed by atoms with Gasteiger partial charge in [-0.15, -0.1) is 0 Å². The van der Waals surface area contributed by atoms with E-state index in [4.69, 9.17) is 0 Å². The summed E-state index contributed by atoms with van der Waals surface area (Å²) in [6.45, 7) is 4.46. The molecule has 0 fully saturated rings. The molecule has 2 nitrogen and oxygen atoms in total. The van der Waals surface area contributed by atoms with Crippen LogP contribution < -0.4 is 0 Å². The van der Waals surface area contributed by atoms with E-state index in [1.54, 1.807) is 12.5 Å². The first kappa shape index (κ1) is 12.4. The fourth-order valence-electron chi connectivity index (χ4n) is 1.87. The van der Waals surface area contributed by atoms with Crippen LogP contribution in [0.3, 0.4) is 0 Å². The van der Waals surface area contributed by atoms with Crippen LogP contribution in [0.2, 0.25) is 0 Å². The van der Waals surface area contributed by atoms with Gasteiger partial charge in [0.05, 0.1) is 12.5 Å². The first-order valence-electron chi connectivity index (χ1n) is 6.23. The van der Waals surface area contributed by atoms with Gasteiger partial charge in [-0.05, 0) is 29.9 Å². The fraction of sp³-hybridized carbons (Fsp3) is 0.312. The Balaban J connectivity index is 2.30. The van der Waals surface area contributed by atoms with E-state index in [1.807, 2.05) is 17.7 Å². The average molecular weight is 238 g/mol. The minimum absolute atomic E-state index is 0.643. The standard InChI is InChI=1S/C16H18N2/c1-13(2)10-15-7-5-4-6-14(15)8-9-16-11-17-12-18(16)3/h4-7,11-13H,10H2,1-3H3. The summed E-state index contributed by atoms with van der Waals surface area (Å²) in [6, 6.07) is 8.36. The van der Waals surface area contributed by atoms with Crippen LogP contribution in [-0.4, -0.2) is 9.55 Å². The molecular weight excluding hydrogens is 220 g/mol. The summed E-state index contributed by atoms with van der Waals surface area (Å²) in [6.07, 6.45) is 4.62. The van der Waals surface area contributed by atoms with E-state index < -0.39 is 0 Å². The molecule has 1 aromatic carbocycles. The topological polar surface area (TPSA) is 17.8 Å². The largest absolute Gasteiger partial charge is 0.327 e. The number of imidazole rings is 1. The predicted molar refractivity (Wildman–Crippen MR) is 74.2 cm³/mol. The third-order valence-corrected chi connectivity index (χ3v) is 2.79. The van der Waals surface area contributed by atoms with Crippen molar-refractivity contribution < 1.29 is 0 Å². The summed E-state index contributed by atoms with van der Waals surface area (Å²) in [5.41, 5.74) is 3.38. The molecule has 0 spiro atoms. The Morgan fingerprint density at radius 1 is 1.22 bits per heavy atom. The monoisotopic (exact) mass is 238 g/mol. The van der Waals surface area contributed by atoms with Crippen molar-refractivity contribution in [2.24, 2.45) is 13.0 Å². The van der Waals surface area contributed by atoms with E-state index in [1.165, 1.54) is 5.56 Å². The summed E-state index contributed by atoms with van der Waals surface area (Å²) in [4.78, 5) is 4.07. The fourth-order valence-corrected chi connectivity index (χ4v) is 1.87. The molecule has 0 radical (unpaired) electrons. The molecular formula is C16H18N2. The van der Waals surface area contributed by atoms with Crippen LogP contribution in [0.25, 0.3) is 0 Å². The molecule has 2 rings (SSSR count). The summed E-state index contributed by atoms with van der Waals surface area (Å²) in [5, 5.41) is 0. The van der Waals surface area contributed by atoms with Gasteiger partial charge in [0.25, 0.3) is 0 Å². The van der Waals surface area contributed by atoms with E-state index >= 15 is 0 Å². The van der Waals surface area contributed by atoms with Gasteiger partial charge in [0, 0.05) is 12.6 Å². The number of aromatic nitrogens is 2. The summed E-state index contributed by atoms with van der Waals surface area (Å²) < 4.78 is 1.93. The molecule has 18 heavy (non-hydrogen) atoms. The third kappa shape index (κ3) is 3.01. The van der Waals surface area contributed by atoms with Gasteiger partial charge in [-0.1, -0.05) is 38.0 Å². The molecule has 0 aliphatic carbocycles. The van der Waals surface area contributed by atoms with E-state index in [9.17, 15) is 0 Å². The molecule has 0 aliphatic heterocycles. The van der Waals surface area contributed by atoms with Crippen molar-refractivity contribution in [2.75, 3.05) is 0 Å². The summed E-state index contributed by atoms with van der Waals surface area (Å²) in [5.74, 6) is 7.07. The van der Waals surface area contributed by atoms with Gasteiger partial charge >= 0.3 is 0 Å². The van der Waals surface area contributed by atoms with E-state index in [0.717, 1.165) is 17.7 Å². The highest BCUT2D eigenvalue weighted by Crippen LogP contribution is 2.13. The van der Waals surface area contributed by atoms with E-state index in [0.29, 0.717) is 5.92 Å². The normalized spacial score (nSPS) is 10.2. The lowest BCUT2D eigenvalue weighted by atomic mass is 9.98. The van der Waals surface area contributed by atoms with Gasteiger partial charge in [-0.3, -0.25) is 0 Å². The second kappa shape index (κ2) is 5.55. The Hall–Kier alpha value is -2.01. The van der Waals surface area contributed by atoms with Crippen molar-refractivity contribution in [3.8, 4) is 11.8 Å². The van der Waals surface area contributed by atoms with E-state index in [-0.39, 0.29) is 0 Å². The van der Waals surface area contributed by atoms with Crippen LogP contribution in [0.1, 0.15) is 30.7 Å². The van der Waals surface area contributed by atoms with Gasteiger partial charge < -0.3 is 4.57 Å². The van der Waals surface area contributed by atoms with Crippen LogP contribution in [0.5, 0.6) is 0 Å². The van der Waals surface area contributed by atoms with Gasteiger partial charge in [0.1, 0.15) is 5.69 Å². The molecule has 1 aromatic heterocycles. The van der Waals surface area contributed by atoms with Crippen molar-refractivity contribution in [3.63, 3.8) is 0 Å². The number of hydrogen-bond acceptors (Lipinski definition) is 1. The zero-order valence-electron chi connectivity index (χ0n) is 11.1. The second-order valence-electron chi connectivity index (χ2n) is 4.89. The zero-order chi connectivity index (χ0) is 13.0. The Labute approximate surface area is 109 Å². The van der Waals surface area contributed by atoms with Crippen LogP contribution in [-0.2, 0) is 13.5 Å². The summed E-state index contributed by atoms with van der Waals surface area (Å²) in [7, 11) is 1.96. The SMILES string of the molecule is CC(C)Cc1ccccc1C#Cc1cncn1C. The first-order chi connectivity index (χ1) is 8.66. The lowest BCUT2D eigenvalue weighted by molar-refractivity contribution is 0.646. The Bertz CT molecular complexity index is 582. The number of aryl methyl sites for hydroxylation is 1. The molecule has 0 N–H and O–H groups in total. The van der Waals surface area contributed by atoms with Gasteiger partial charge in [0.2, 0.25) is 0 Å². The number of benzene rings is 1. The molecule has 0 amide bonds. The van der Waals surface area contributed by atoms with Crippen LogP contribution in [0, 0.1) is 17.8 Å². The molecule has 1 heterocycles. The van der Waals surface area contributed by atoms with Crippen molar-refractivity contribution >= 4 is 0 Å². The number of nitrogens with zero attached hydrogens (tertiary/aromatic N) is 2. The molecule has 0 saturated carbocycles. The minimum Gasteiger partial charge on any atom is -0.327 e. The highest BCUT2D eigenvalue weighted by molar-refractivity contribution is 5.44.